The van der Waals surface area contributed by atoms with E-state index in [0.29, 0.717) is 37.1 Å². The Kier molecular flexibility index (Phi) is 6.34. The van der Waals surface area contributed by atoms with Gasteiger partial charge >= 0.3 is 5.97 Å². The van der Waals surface area contributed by atoms with E-state index in [1.165, 1.54) is 31.4 Å². The first-order chi connectivity index (χ1) is 16.5. The summed E-state index contributed by atoms with van der Waals surface area (Å²) in [6, 6.07) is 12.4. The van der Waals surface area contributed by atoms with Gasteiger partial charge in [0.1, 0.15) is 12.4 Å². The van der Waals surface area contributed by atoms with Gasteiger partial charge in [-0.05, 0) is 60.7 Å². The highest BCUT2D eigenvalue weighted by Crippen LogP contribution is 2.44. The van der Waals surface area contributed by atoms with Crippen molar-refractivity contribution in [1.29, 1.82) is 0 Å². The largest absolute Gasteiger partial charge is 0.488 e. The van der Waals surface area contributed by atoms with Crippen molar-refractivity contribution in [3.8, 4) is 28.6 Å². The summed E-state index contributed by atoms with van der Waals surface area (Å²) < 4.78 is 22.7. The SMILES string of the molecule is CC1(c2cc(-c3noc(-c4ccc(C(=O)O)cc4)n3)ccc2OCC2OCCO2)CCCCC1. The Bertz CT molecular complexity index is 1140. The number of benzene rings is 2. The normalized spacial score (nSPS) is 18.1. The van der Waals surface area contributed by atoms with Gasteiger partial charge in [-0.25, -0.2) is 4.79 Å². The molecule has 1 aliphatic heterocycles. The van der Waals surface area contributed by atoms with Crippen molar-refractivity contribution in [2.75, 3.05) is 19.8 Å². The minimum absolute atomic E-state index is 0.000211. The van der Waals surface area contributed by atoms with E-state index in [0.717, 1.165) is 29.7 Å². The summed E-state index contributed by atoms with van der Waals surface area (Å²) in [4.78, 5) is 15.7. The molecule has 1 saturated heterocycles. The Morgan fingerprint density at radius 1 is 1.06 bits per heavy atom. The summed E-state index contributed by atoms with van der Waals surface area (Å²) in [5.41, 5.74) is 2.86. The molecule has 3 aromatic rings. The molecule has 0 spiro atoms. The van der Waals surface area contributed by atoms with Crippen LogP contribution in [0.2, 0.25) is 0 Å². The van der Waals surface area contributed by atoms with Crippen LogP contribution in [0.25, 0.3) is 22.8 Å². The Hall–Kier alpha value is -3.23. The monoisotopic (exact) mass is 464 g/mol. The molecular weight excluding hydrogens is 436 g/mol. The topological polar surface area (TPSA) is 104 Å². The fourth-order valence-corrected chi connectivity index (χ4v) is 4.74. The molecule has 1 N–H and O–H groups in total. The lowest BCUT2D eigenvalue weighted by Gasteiger charge is -2.35. The molecule has 2 aliphatic rings. The summed E-state index contributed by atoms with van der Waals surface area (Å²) >= 11 is 0. The molecule has 0 bridgehead atoms. The maximum absolute atomic E-state index is 11.1. The van der Waals surface area contributed by atoms with Gasteiger partial charge in [-0.1, -0.05) is 31.3 Å². The molecule has 1 aliphatic carbocycles. The number of carbonyl (C=O) groups is 1. The van der Waals surface area contributed by atoms with Crippen LogP contribution in [0.4, 0.5) is 0 Å². The minimum Gasteiger partial charge on any atom is -0.488 e. The second-order valence-electron chi connectivity index (χ2n) is 9.12. The molecule has 1 saturated carbocycles. The Labute approximate surface area is 197 Å². The van der Waals surface area contributed by atoms with E-state index < -0.39 is 5.97 Å². The molecular formula is C26H28N2O6. The second-order valence-corrected chi connectivity index (χ2v) is 9.12. The first-order valence-corrected chi connectivity index (χ1v) is 11.7. The van der Waals surface area contributed by atoms with Crippen molar-refractivity contribution in [3.05, 3.63) is 53.6 Å². The van der Waals surface area contributed by atoms with Gasteiger partial charge in [0.15, 0.2) is 6.29 Å². The van der Waals surface area contributed by atoms with Gasteiger partial charge in [-0.2, -0.15) is 4.98 Å². The van der Waals surface area contributed by atoms with Crippen LogP contribution in [0.5, 0.6) is 5.75 Å². The molecule has 2 heterocycles. The van der Waals surface area contributed by atoms with Crippen LogP contribution in [0, 0.1) is 0 Å². The van der Waals surface area contributed by atoms with Crippen molar-refractivity contribution in [2.24, 2.45) is 0 Å². The number of aromatic nitrogens is 2. The van der Waals surface area contributed by atoms with Gasteiger partial charge in [0.05, 0.1) is 18.8 Å². The first-order valence-electron chi connectivity index (χ1n) is 11.7. The molecule has 34 heavy (non-hydrogen) atoms. The van der Waals surface area contributed by atoms with Gasteiger partial charge in [-0.3, -0.25) is 0 Å². The molecule has 1 aromatic heterocycles. The molecule has 8 nitrogen and oxygen atoms in total. The van der Waals surface area contributed by atoms with E-state index in [1.54, 1.807) is 12.1 Å². The number of aromatic carboxylic acids is 1. The van der Waals surface area contributed by atoms with E-state index >= 15 is 0 Å². The summed E-state index contributed by atoms with van der Waals surface area (Å²) in [5.74, 6) is 0.676. The molecule has 2 fully saturated rings. The summed E-state index contributed by atoms with van der Waals surface area (Å²) in [5, 5.41) is 13.3. The third kappa shape index (κ3) is 4.69. The highest BCUT2D eigenvalue weighted by Gasteiger charge is 2.32. The smallest absolute Gasteiger partial charge is 0.335 e. The maximum Gasteiger partial charge on any atom is 0.335 e. The standard InChI is InChI=1S/C26H28N2O6/c1-26(11-3-2-4-12-26)20-15-19(9-10-21(20)33-16-22-31-13-14-32-22)23-27-24(34-28-23)17-5-7-18(8-6-17)25(29)30/h5-10,15,22H,2-4,11-14,16H2,1H3,(H,29,30). The molecule has 0 amide bonds. The Balaban J connectivity index is 1.43. The highest BCUT2D eigenvalue weighted by atomic mass is 16.7. The summed E-state index contributed by atoms with van der Waals surface area (Å²) in [6.07, 6.45) is 5.48. The fourth-order valence-electron chi connectivity index (χ4n) is 4.74. The lowest BCUT2D eigenvalue weighted by molar-refractivity contribution is -0.0687. The number of nitrogens with zero attached hydrogens (tertiary/aromatic N) is 2. The molecule has 5 rings (SSSR count). The third-order valence-electron chi connectivity index (χ3n) is 6.72. The predicted molar refractivity (Wildman–Crippen MR) is 124 cm³/mol. The number of rotatable bonds is 7. The van der Waals surface area contributed by atoms with Crippen LogP contribution in [-0.4, -0.2) is 47.3 Å². The van der Waals surface area contributed by atoms with Crippen LogP contribution >= 0.6 is 0 Å². The number of carboxylic acids is 1. The quantitative estimate of drug-likeness (QED) is 0.517. The predicted octanol–water partition coefficient (Wildman–Crippen LogP) is 5.08. The number of carboxylic acid groups (broad SMARTS) is 1. The van der Waals surface area contributed by atoms with Crippen molar-refractivity contribution in [2.45, 2.75) is 50.7 Å². The van der Waals surface area contributed by atoms with Crippen molar-refractivity contribution in [3.63, 3.8) is 0 Å². The maximum atomic E-state index is 11.1. The van der Waals surface area contributed by atoms with E-state index in [9.17, 15) is 4.79 Å². The van der Waals surface area contributed by atoms with Crippen LogP contribution in [0.1, 0.15) is 54.9 Å². The zero-order valence-electron chi connectivity index (χ0n) is 19.2. The zero-order chi connectivity index (χ0) is 23.5. The minimum atomic E-state index is -0.977. The van der Waals surface area contributed by atoms with Gasteiger partial charge in [0.25, 0.3) is 5.89 Å². The summed E-state index contributed by atoms with van der Waals surface area (Å²) in [6.45, 7) is 3.83. The van der Waals surface area contributed by atoms with Gasteiger partial charge < -0.3 is 23.8 Å². The number of hydrogen-bond donors (Lipinski definition) is 1. The number of hydrogen-bond acceptors (Lipinski definition) is 7. The van der Waals surface area contributed by atoms with Gasteiger partial charge in [0, 0.05) is 16.7 Å². The van der Waals surface area contributed by atoms with E-state index in [2.05, 4.69) is 23.1 Å². The lowest BCUT2D eigenvalue weighted by Crippen LogP contribution is -2.27. The number of ether oxygens (including phenoxy) is 3. The van der Waals surface area contributed by atoms with Crippen molar-refractivity contribution in [1.82, 2.24) is 10.1 Å². The van der Waals surface area contributed by atoms with Gasteiger partial charge in [-0.15, -0.1) is 0 Å². The van der Waals surface area contributed by atoms with Crippen LogP contribution in [0.15, 0.2) is 47.0 Å². The molecule has 2 aromatic carbocycles. The van der Waals surface area contributed by atoms with E-state index in [-0.39, 0.29) is 17.3 Å². The average Bonchev–Trinajstić information content (AvgIpc) is 3.56. The Morgan fingerprint density at radius 2 is 1.76 bits per heavy atom. The lowest BCUT2D eigenvalue weighted by atomic mass is 9.70. The fraction of sp³-hybridized carbons (Fsp3) is 0.423. The van der Waals surface area contributed by atoms with E-state index in [4.69, 9.17) is 23.8 Å². The van der Waals surface area contributed by atoms with Crippen LogP contribution < -0.4 is 4.74 Å². The zero-order valence-corrected chi connectivity index (χ0v) is 19.2. The summed E-state index contributed by atoms with van der Waals surface area (Å²) in [7, 11) is 0. The van der Waals surface area contributed by atoms with Crippen molar-refractivity contribution >= 4 is 5.97 Å². The van der Waals surface area contributed by atoms with Crippen LogP contribution in [0.3, 0.4) is 0 Å². The molecule has 0 atom stereocenters. The van der Waals surface area contributed by atoms with Crippen LogP contribution in [-0.2, 0) is 14.9 Å². The second kappa shape index (κ2) is 9.56. The molecule has 0 radical (unpaired) electrons. The molecule has 0 unspecified atom stereocenters. The third-order valence-corrected chi connectivity index (χ3v) is 6.72. The molecule has 178 valence electrons. The van der Waals surface area contributed by atoms with Crippen molar-refractivity contribution < 1.29 is 28.6 Å². The highest BCUT2D eigenvalue weighted by molar-refractivity contribution is 5.88. The average molecular weight is 465 g/mol. The first kappa shape index (κ1) is 22.6. The Morgan fingerprint density at radius 3 is 2.47 bits per heavy atom. The molecule has 8 heteroatoms. The van der Waals surface area contributed by atoms with E-state index in [1.807, 2.05) is 12.1 Å². The van der Waals surface area contributed by atoms with Gasteiger partial charge in [0.2, 0.25) is 5.82 Å².